The molecule has 3 rings (SSSR count). The maximum absolute atomic E-state index is 12.0. The van der Waals surface area contributed by atoms with Crippen LogP contribution in [0.1, 0.15) is 0 Å². The van der Waals surface area contributed by atoms with Crippen LogP contribution in [0.5, 0.6) is 11.5 Å². The molecule has 1 heterocycles. The Balaban J connectivity index is 1.53. The van der Waals surface area contributed by atoms with Crippen molar-refractivity contribution in [2.45, 2.75) is 5.16 Å². The van der Waals surface area contributed by atoms with Crippen LogP contribution in [0.2, 0.25) is 0 Å². The highest BCUT2D eigenvalue weighted by Gasteiger charge is 2.06. The highest BCUT2D eigenvalue weighted by molar-refractivity contribution is 7.99. The minimum atomic E-state index is -0.352. The average Bonchev–Trinajstić information content (AvgIpc) is 2.62. The number of hydrogen-bond acceptors (Lipinski definition) is 6. The van der Waals surface area contributed by atoms with E-state index in [0.29, 0.717) is 16.6 Å². The summed E-state index contributed by atoms with van der Waals surface area (Å²) in [5.41, 5.74) is 5.79. The van der Waals surface area contributed by atoms with Crippen molar-refractivity contribution in [3.05, 3.63) is 71.0 Å². The molecule has 0 aliphatic carbocycles. The number of aromatic amines is 1. The summed E-state index contributed by atoms with van der Waals surface area (Å²) in [5.74, 6) is 1.39. The Kier molecular flexibility index (Phi) is 5.55. The number of ether oxygens (including phenoxy) is 1. The molecule has 0 aliphatic heterocycles. The fraction of sp³-hybridized carbons (Fsp3) is 0.0556. The first-order chi connectivity index (χ1) is 12.6. The Labute approximate surface area is 153 Å². The lowest BCUT2D eigenvalue weighted by Gasteiger charge is -2.08. The number of amides is 1. The molecule has 1 amide bonds. The van der Waals surface area contributed by atoms with Crippen molar-refractivity contribution in [3.8, 4) is 11.5 Å². The lowest BCUT2D eigenvalue weighted by atomic mass is 10.3. The second kappa shape index (κ2) is 8.21. The van der Waals surface area contributed by atoms with Crippen LogP contribution in [-0.2, 0) is 4.79 Å². The van der Waals surface area contributed by atoms with E-state index < -0.39 is 0 Å². The Morgan fingerprint density at radius 1 is 1.12 bits per heavy atom. The third-order valence-corrected chi connectivity index (χ3v) is 4.07. The van der Waals surface area contributed by atoms with Crippen LogP contribution in [-0.4, -0.2) is 21.6 Å². The summed E-state index contributed by atoms with van der Waals surface area (Å²) in [6, 6.07) is 17.7. The Morgan fingerprint density at radius 3 is 2.50 bits per heavy atom. The summed E-state index contributed by atoms with van der Waals surface area (Å²) in [5, 5.41) is 3.07. The van der Waals surface area contributed by atoms with Crippen LogP contribution in [0.15, 0.2) is 70.6 Å². The summed E-state index contributed by atoms with van der Waals surface area (Å²) < 4.78 is 5.70. The monoisotopic (exact) mass is 368 g/mol. The van der Waals surface area contributed by atoms with Crippen molar-refractivity contribution in [3.63, 3.8) is 0 Å². The minimum absolute atomic E-state index is 0.0919. The van der Waals surface area contributed by atoms with E-state index >= 15 is 0 Å². The normalized spacial score (nSPS) is 10.3. The van der Waals surface area contributed by atoms with E-state index in [0.717, 1.165) is 17.5 Å². The third-order valence-electron chi connectivity index (χ3n) is 3.20. The van der Waals surface area contributed by atoms with Gasteiger partial charge in [-0.15, -0.1) is 0 Å². The lowest BCUT2D eigenvalue weighted by molar-refractivity contribution is -0.113. The van der Waals surface area contributed by atoms with Crippen LogP contribution in [0.3, 0.4) is 0 Å². The molecule has 0 saturated heterocycles. The molecule has 8 heteroatoms. The molecule has 1 aromatic heterocycles. The number of H-pyrrole nitrogens is 1. The molecular weight excluding hydrogens is 352 g/mol. The zero-order valence-electron chi connectivity index (χ0n) is 13.6. The van der Waals surface area contributed by atoms with Crippen molar-refractivity contribution >= 4 is 29.2 Å². The number of aromatic nitrogens is 2. The number of benzene rings is 2. The highest BCUT2D eigenvalue weighted by atomic mass is 32.2. The van der Waals surface area contributed by atoms with E-state index in [2.05, 4.69) is 15.3 Å². The standard InChI is InChI=1S/C18H16N4O3S/c19-15-10-16(23)22-18(21-15)26-11-17(24)20-12-6-8-14(9-7-12)25-13-4-2-1-3-5-13/h1-10H,11H2,(H,20,24)(H3,19,21,22,23). The summed E-state index contributed by atoms with van der Waals surface area (Å²) in [4.78, 5) is 29.8. The molecule has 0 saturated carbocycles. The average molecular weight is 368 g/mol. The first kappa shape index (κ1) is 17.6. The molecule has 2 aromatic carbocycles. The Morgan fingerprint density at radius 2 is 1.81 bits per heavy atom. The van der Waals surface area contributed by atoms with Crippen LogP contribution in [0, 0.1) is 0 Å². The molecule has 0 radical (unpaired) electrons. The van der Waals surface area contributed by atoms with Gasteiger partial charge in [0.05, 0.1) is 5.75 Å². The fourth-order valence-corrected chi connectivity index (χ4v) is 2.77. The number of carbonyl (C=O) groups is 1. The molecule has 0 atom stereocenters. The van der Waals surface area contributed by atoms with Crippen LogP contribution < -0.4 is 21.3 Å². The second-order valence-corrected chi connectivity index (χ2v) is 6.22. The van der Waals surface area contributed by atoms with Gasteiger partial charge in [-0.3, -0.25) is 9.59 Å². The van der Waals surface area contributed by atoms with Gasteiger partial charge in [0.25, 0.3) is 5.56 Å². The number of nitrogen functional groups attached to an aromatic ring is 1. The largest absolute Gasteiger partial charge is 0.457 e. The molecule has 26 heavy (non-hydrogen) atoms. The van der Waals surface area contributed by atoms with Gasteiger partial charge in [0.15, 0.2) is 5.16 Å². The van der Waals surface area contributed by atoms with E-state index in [1.807, 2.05) is 30.3 Å². The second-order valence-electron chi connectivity index (χ2n) is 5.25. The molecule has 7 nitrogen and oxygen atoms in total. The molecule has 0 fully saturated rings. The molecule has 0 unspecified atom stereocenters. The number of anilines is 2. The van der Waals surface area contributed by atoms with Gasteiger partial charge in [-0.25, -0.2) is 4.98 Å². The maximum atomic E-state index is 12.0. The molecule has 3 aromatic rings. The van der Waals surface area contributed by atoms with Gasteiger partial charge < -0.3 is 20.8 Å². The SMILES string of the molecule is Nc1cc(=O)[nH]c(SCC(=O)Nc2ccc(Oc3ccccc3)cc2)n1. The molecule has 0 bridgehead atoms. The van der Waals surface area contributed by atoms with Crippen LogP contribution in [0.25, 0.3) is 0 Å². The van der Waals surface area contributed by atoms with Gasteiger partial charge in [0, 0.05) is 11.8 Å². The molecule has 132 valence electrons. The Bertz CT molecular complexity index is 943. The number of nitrogens with two attached hydrogens (primary N) is 1. The first-order valence-corrected chi connectivity index (χ1v) is 8.69. The molecular formula is C18H16N4O3S. The van der Waals surface area contributed by atoms with E-state index in [-0.39, 0.29) is 23.0 Å². The van der Waals surface area contributed by atoms with Crippen molar-refractivity contribution in [2.75, 3.05) is 16.8 Å². The van der Waals surface area contributed by atoms with Gasteiger partial charge in [-0.2, -0.15) is 0 Å². The zero-order valence-corrected chi connectivity index (χ0v) is 14.5. The number of para-hydroxylation sites is 1. The number of nitrogens with zero attached hydrogens (tertiary/aromatic N) is 1. The van der Waals surface area contributed by atoms with Crippen molar-refractivity contribution in [1.82, 2.24) is 9.97 Å². The summed E-state index contributed by atoms with van der Waals surface area (Å²) in [6.45, 7) is 0. The van der Waals surface area contributed by atoms with Gasteiger partial charge in [-0.05, 0) is 36.4 Å². The predicted octanol–water partition coefficient (Wildman–Crippen LogP) is 2.88. The molecule has 0 spiro atoms. The smallest absolute Gasteiger partial charge is 0.253 e. The predicted molar refractivity (Wildman–Crippen MR) is 102 cm³/mol. The van der Waals surface area contributed by atoms with E-state index in [1.165, 1.54) is 6.07 Å². The third kappa shape index (κ3) is 5.12. The number of carbonyl (C=O) groups excluding carboxylic acids is 1. The number of nitrogens with one attached hydrogen (secondary N) is 2. The minimum Gasteiger partial charge on any atom is -0.457 e. The van der Waals surface area contributed by atoms with Crippen LogP contribution in [0.4, 0.5) is 11.5 Å². The Hall–Kier alpha value is -3.26. The van der Waals surface area contributed by atoms with Crippen molar-refractivity contribution in [1.29, 1.82) is 0 Å². The lowest BCUT2D eigenvalue weighted by Crippen LogP contribution is -2.15. The summed E-state index contributed by atoms with van der Waals surface area (Å²) in [6.07, 6.45) is 0. The number of hydrogen-bond donors (Lipinski definition) is 3. The van der Waals surface area contributed by atoms with E-state index in [9.17, 15) is 9.59 Å². The quantitative estimate of drug-likeness (QED) is 0.456. The van der Waals surface area contributed by atoms with Gasteiger partial charge in [0.2, 0.25) is 5.91 Å². The van der Waals surface area contributed by atoms with E-state index in [4.69, 9.17) is 10.5 Å². The highest BCUT2D eigenvalue weighted by Crippen LogP contribution is 2.22. The van der Waals surface area contributed by atoms with E-state index in [1.54, 1.807) is 24.3 Å². The number of rotatable bonds is 6. The summed E-state index contributed by atoms with van der Waals surface area (Å²) in [7, 11) is 0. The fourth-order valence-electron chi connectivity index (χ4n) is 2.08. The molecule has 0 aliphatic rings. The van der Waals surface area contributed by atoms with Gasteiger partial charge >= 0.3 is 0 Å². The maximum Gasteiger partial charge on any atom is 0.253 e. The zero-order chi connectivity index (χ0) is 18.4. The number of thioether (sulfide) groups is 1. The van der Waals surface area contributed by atoms with Gasteiger partial charge in [0.1, 0.15) is 17.3 Å². The first-order valence-electron chi connectivity index (χ1n) is 7.71. The van der Waals surface area contributed by atoms with Crippen molar-refractivity contribution < 1.29 is 9.53 Å². The topological polar surface area (TPSA) is 110 Å². The summed E-state index contributed by atoms with van der Waals surface area (Å²) >= 11 is 1.10. The molecule has 4 N–H and O–H groups in total. The van der Waals surface area contributed by atoms with Crippen molar-refractivity contribution in [2.24, 2.45) is 0 Å². The van der Waals surface area contributed by atoms with Crippen LogP contribution >= 0.6 is 11.8 Å². The van der Waals surface area contributed by atoms with Gasteiger partial charge in [-0.1, -0.05) is 30.0 Å².